The van der Waals surface area contributed by atoms with Crippen molar-refractivity contribution >= 4 is 33.8 Å². The maximum absolute atomic E-state index is 13.0. The number of hydrogen-bond acceptors (Lipinski definition) is 6. The van der Waals surface area contributed by atoms with Crippen molar-refractivity contribution in [2.24, 2.45) is 5.92 Å². The van der Waals surface area contributed by atoms with E-state index in [0.717, 1.165) is 30.1 Å². The molecule has 0 unspecified atom stereocenters. The van der Waals surface area contributed by atoms with Gasteiger partial charge in [-0.05, 0) is 30.2 Å². The first kappa shape index (κ1) is 19.5. The number of carbonyl (C=O) groups is 1. The molecule has 2 aliphatic heterocycles. The lowest BCUT2D eigenvalue weighted by molar-refractivity contribution is -0.138. The van der Waals surface area contributed by atoms with Gasteiger partial charge in [-0.25, -0.2) is 4.98 Å². The zero-order valence-electron chi connectivity index (χ0n) is 16.3. The van der Waals surface area contributed by atoms with E-state index in [-0.39, 0.29) is 17.4 Å². The van der Waals surface area contributed by atoms with E-state index in [0.29, 0.717) is 42.6 Å². The highest BCUT2D eigenvalue weighted by atomic mass is 35.5. The topological polar surface area (TPSA) is 67.2 Å². The molecule has 0 bridgehead atoms. The fraction of sp³-hybridized carbons (Fsp3) is 0.381. The van der Waals surface area contributed by atoms with Crippen LogP contribution in [0, 0.1) is 5.92 Å². The summed E-state index contributed by atoms with van der Waals surface area (Å²) in [5, 5.41) is 2.52. The van der Waals surface area contributed by atoms with Gasteiger partial charge in [0, 0.05) is 55.4 Å². The Balaban J connectivity index is 1.19. The summed E-state index contributed by atoms with van der Waals surface area (Å²) in [6, 6.07) is 7.15. The largest absolute Gasteiger partial charge is 0.492 e. The minimum absolute atomic E-state index is 0.0530. The van der Waals surface area contributed by atoms with Gasteiger partial charge in [0.1, 0.15) is 12.4 Å². The zero-order chi connectivity index (χ0) is 20.7. The first-order chi connectivity index (χ1) is 14.6. The van der Waals surface area contributed by atoms with Crippen LogP contribution >= 0.6 is 22.9 Å². The SMILES string of the molecule is O=C([C@H]1COc2ccc(Cl)cc2C1)N1CCN(Cc2cc(=O)n3ccsc3n2)CC1. The molecule has 5 rings (SSSR count). The van der Waals surface area contributed by atoms with Crippen LogP contribution in [0.3, 0.4) is 0 Å². The molecular weight excluding hydrogens is 424 g/mol. The molecule has 3 aromatic rings. The molecule has 156 valence electrons. The highest BCUT2D eigenvalue weighted by Crippen LogP contribution is 2.30. The molecule has 7 nitrogen and oxygen atoms in total. The van der Waals surface area contributed by atoms with Crippen molar-refractivity contribution in [2.45, 2.75) is 13.0 Å². The van der Waals surface area contributed by atoms with Crippen LogP contribution in [0.15, 0.2) is 40.6 Å². The predicted octanol–water partition coefficient (Wildman–Crippen LogP) is 2.30. The number of halogens is 1. The van der Waals surface area contributed by atoms with Crippen LogP contribution in [-0.2, 0) is 17.8 Å². The highest BCUT2D eigenvalue weighted by Gasteiger charge is 2.31. The van der Waals surface area contributed by atoms with Crippen LogP contribution in [0.2, 0.25) is 5.02 Å². The molecule has 1 aromatic carbocycles. The van der Waals surface area contributed by atoms with Crippen molar-refractivity contribution in [2.75, 3.05) is 32.8 Å². The first-order valence-corrected chi connectivity index (χ1v) is 11.2. The Morgan fingerprint density at radius 1 is 1.23 bits per heavy atom. The molecule has 0 radical (unpaired) electrons. The quantitative estimate of drug-likeness (QED) is 0.620. The average Bonchev–Trinajstić information content (AvgIpc) is 3.22. The van der Waals surface area contributed by atoms with Crippen molar-refractivity contribution in [3.63, 3.8) is 0 Å². The van der Waals surface area contributed by atoms with Crippen molar-refractivity contribution in [3.8, 4) is 5.75 Å². The number of aromatic nitrogens is 2. The van der Waals surface area contributed by atoms with Crippen molar-refractivity contribution in [1.82, 2.24) is 19.2 Å². The van der Waals surface area contributed by atoms with Crippen LogP contribution in [0.5, 0.6) is 5.75 Å². The second kappa shape index (κ2) is 8.02. The second-order valence-corrected chi connectivity index (χ2v) is 9.02. The van der Waals surface area contributed by atoms with E-state index in [9.17, 15) is 9.59 Å². The lowest BCUT2D eigenvalue weighted by atomic mass is 9.95. The molecule has 9 heteroatoms. The number of hydrogen-bond donors (Lipinski definition) is 0. The van der Waals surface area contributed by atoms with Gasteiger partial charge in [0.15, 0.2) is 4.96 Å². The summed E-state index contributed by atoms with van der Waals surface area (Å²) >= 11 is 7.54. The van der Waals surface area contributed by atoms with Gasteiger partial charge < -0.3 is 9.64 Å². The lowest BCUT2D eigenvalue weighted by Gasteiger charge is -2.37. The van der Waals surface area contributed by atoms with Crippen molar-refractivity contribution in [1.29, 1.82) is 0 Å². The van der Waals surface area contributed by atoms with Crippen LogP contribution in [0.1, 0.15) is 11.3 Å². The van der Waals surface area contributed by atoms with Gasteiger partial charge in [-0.2, -0.15) is 0 Å². The average molecular weight is 445 g/mol. The van der Waals surface area contributed by atoms with E-state index in [2.05, 4.69) is 9.88 Å². The molecule has 0 spiro atoms. The number of thiazole rings is 1. The summed E-state index contributed by atoms with van der Waals surface area (Å²) in [5.41, 5.74) is 1.71. The van der Waals surface area contributed by atoms with Gasteiger partial charge in [0.05, 0.1) is 11.6 Å². The highest BCUT2D eigenvalue weighted by molar-refractivity contribution is 7.15. The van der Waals surface area contributed by atoms with Crippen LogP contribution in [0.4, 0.5) is 0 Å². The Morgan fingerprint density at radius 3 is 2.90 bits per heavy atom. The van der Waals surface area contributed by atoms with Gasteiger partial charge >= 0.3 is 0 Å². The normalized spacial score (nSPS) is 19.5. The minimum Gasteiger partial charge on any atom is -0.492 e. The zero-order valence-corrected chi connectivity index (χ0v) is 17.9. The molecule has 0 saturated carbocycles. The standard InChI is InChI=1S/C21H21ClN4O3S/c22-16-1-2-18-14(10-16)9-15(13-29-18)20(28)25-5-3-24(4-6-25)12-17-11-19(27)26-7-8-30-21(26)23-17/h1-2,7-8,10-11,15H,3-6,9,12-13H2/t15-/m1/s1. The third-order valence-corrected chi connectivity index (χ3v) is 6.70. The fourth-order valence-electron chi connectivity index (χ4n) is 4.10. The molecule has 4 heterocycles. The van der Waals surface area contributed by atoms with Gasteiger partial charge in [-0.1, -0.05) is 11.6 Å². The first-order valence-electron chi connectivity index (χ1n) is 9.95. The van der Waals surface area contributed by atoms with Crippen molar-refractivity contribution < 1.29 is 9.53 Å². The summed E-state index contributed by atoms with van der Waals surface area (Å²) in [6.45, 7) is 3.86. The van der Waals surface area contributed by atoms with Gasteiger partial charge in [-0.3, -0.25) is 18.9 Å². The van der Waals surface area contributed by atoms with E-state index in [1.54, 1.807) is 22.7 Å². The molecule has 30 heavy (non-hydrogen) atoms. The number of amides is 1. The Hall–Kier alpha value is -2.42. The summed E-state index contributed by atoms with van der Waals surface area (Å²) in [4.78, 5) is 34.6. The Kier molecular flexibility index (Phi) is 5.22. The molecule has 1 amide bonds. The number of nitrogens with zero attached hydrogens (tertiary/aromatic N) is 4. The van der Waals surface area contributed by atoms with E-state index < -0.39 is 0 Å². The summed E-state index contributed by atoms with van der Waals surface area (Å²) in [7, 11) is 0. The molecule has 1 saturated heterocycles. The molecule has 0 N–H and O–H groups in total. The number of rotatable bonds is 3. The van der Waals surface area contributed by atoms with E-state index in [4.69, 9.17) is 16.3 Å². The maximum Gasteiger partial charge on any atom is 0.258 e. The monoisotopic (exact) mass is 444 g/mol. The fourth-order valence-corrected chi connectivity index (χ4v) is 5.04. The lowest BCUT2D eigenvalue weighted by Crippen LogP contribution is -2.51. The van der Waals surface area contributed by atoms with Crippen molar-refractivity contribution in [3.05, 3.63) is 62.5 Å². The number of ether oxygens (including phenoxy) is 1. The Morgan fingerprint density at radius 2 is 2.07 bits per heavy atom. The second-order valence-electron chi connectivity index (χ2n) is 7.71. The van der Waals surface area contributed by atoms with Crippen LogP contribution in [-0.4, -0.2) is 57.9 Å². The molecule has 0 aliphatic carbocycles. The summed E-state index contributed by atoms with van der Waals surface area (Å²) in [6.07, 6.45) is 2.40. The predicted molar refractivity (Wildman–Crippen MR) is 115 cm³/mol. The summed E-state index contributed by atoms with van der Waals surface area (Å²) in [5.74, 6) is 0.779. The number of benzene rings is 1. The smallest absolute Gasteiger partial charge is 0.258 e. The number of fused-ring (bicyclic) bond motifs is 2. The van der Waals surface area contributed by atoms with E-state index in [1.807, 2.05) is 22.4 Å². The van der Waals surface area contributed by atoms with E-state index in [1.165, 1.54) is 11.3 Å². The Labute approximate surface area is 182 Å². The maximum atomic E-state index is 13.0. The molecular formula is C21H21ClN4O3S. The summed E-state index contributed by atoms with van der Waals surface area (Å²) < 4.78 is 7.35. The molecule has 2 aromatic heterocycles. The number of carbonyl (C=O) groups excluding carboxylic acids is 1. The molecule has 1 fully saturated rings. The third-order valence-electron chi connectivity index (χ3n) is 5.70. The van der Waals surface area contributed by atoms with E-state index >= 15 is 0 Å². The minimum atomic E-state index is -0.175. The van der Waals surface area contributed by atoms with Crippen LogP contribution in [0.25, 0.3) is 4.96 Å². The van der Waals surface area contributed by atoms with Gasteiger partial charge in [0.2, 0.25) is 5.91 Å². The molecule has 1 atom stereocenters. The van der Waals surface area contributed by atoms with Crippen LogP contribution < -0.4 is 10.3 Å². The molecule has 2 aliphatic rings. The number of piperazine rings is 1. The third kappa shape index (κ3) is 3.82. The van der Waals surface area contributed by atoms with Gasteiger partial charge in [0.25, 0.3) is 5.56 Å². The van der Waals surface area contributed by atoms with Gasteiger partial charge in [-0.15, -0.1) is 11.3 Å². The Bertz CT molecular complexity index is 1150.